The van der Waals surface area contributed by atoms with Gasteiger partial charge in [0.1, 0.15) is 0 Å². The Hall–Kier alpha value is -1.68. The molecular formula is C9H7ClN2O2. The van der Waals surface area contributed by atoms with E-state index < -0.39 is 6.03 Å². The molecule has 72 valence electrons. The zero-order chi connectivity index (χ0) is 10.3. The number of hydrogen-bond donors (Lipinski definition) is 2. The highest BCUT2D eigenvalue weighted by Gasteiger charge is 2.11. The maximum absolute atomic E-state index is 11.0. The predicted molar refractivity (Wildman–Crippen MR) is 53.6 cm³/mol. The molecule has 1 heterocycles. The number of nitrogens with two attached hydrogens (primary N) is 1. The minimum absolute atomic E-state index is 0.185. The molecule has 2 aromatic rings. The summed E-state index contributed by atoms with van der Waals surface area (Å²) in [5.74, 6) is -0.185. The molecule has 3 N–H and O–H groups in total. The summed E-state index contributed by atoms with van der Waals surface area (Å²) in [7, 11) is 0. The maximum Gasteiger partial charge on any atom is 0.326 e. The Bertz CT molecular complexity index is 519. The first-order chi connectivity index (χ1) is 6.59. The van der Waals surface area contributed by atoms with Gasteiger partial charge in [0.2, 0.25) is 0 Å². The number of aromatic nitrogens is 1. The molecule has 4 nitrogen and oxygen atoms in total. The van der Waals surface area contributed by atoms with Crippen molar-refractivity contribution in [3.05, 3.63) is 29.3 Å². The highest BCUT2D eigenvalue weighted by Crippen LogP contribution is 2.26. The van der Waals surface area contributed by atoms with Gasteiger partial charge in [0.25, 0.3) is 0 Å². The highest BCUT2D eigenvalue weighted by atomic mass is 35.5. The van der Waals surface area contributed by atoms with Crippen LogP contribution < -0.4 is 5.73 Å². The summed E-state index contributed by atoms with van der Waals surface area (Å²) in [5, 5.41) is 10.6. The zero-order valence-electron chi connectivity index (χ0n) is 7.07. The van der Waals surface area contributed by atoms with Gasteiger partial charge in [-0.15, -0.1) is 0 Å². The fraction of sp³-hybridized carbons (Fsp3) is 0. The van der Waals surface area contributed by atoms with Crippen molar-refractivity contribution >= 4 is 28.5 Å². The second kappa shape index (κ2) is 2.92. The van der Waals surface area contributed by atoms with Crippen LogP contribution in [0, 0.1) is 0 Å². The van der Waals surface area contributed by atoms with Crippen LogP contribution in [-0.4, -0.2) is 15.7 Å². The van der Waals surface area contributed by atoms with Gasteiger partial charge in [0.05, 0.1) is 5.52 Å². The Balaban J connectivity index is 2.86. The molecule has 0 saturated heterocycles. The van der Waals surface area contributed by atoms with Gasteiger partial charge in [-0.1, -0.05) is 17.7 Å². The third-order valence-electron chi connectivity index (χ3n) is 1.97. The van der Waals surface area contributed by atoms with Crippen LogP contribution in [0.4, 0.5) is 4.79 Å². The number of carbonyl (C=O) groups excluding carboxylic acids is 1. The Morgan fingerprint density at radius 2 is 2.14 bits per heavy atom. The summed E-state index contributed by atoms with van der Waals surface area (Å²) in [6, 6.07) is 5.67. The number of fused-ring (bicyclic) bond motifs is 1. The van der Waals surface area contributed by atoms with Crippen molar-refractivity contribution in [2.45, 2.75) is 0 Å². The first-order valence-electron chi connectivity index (χ1n) is 3.89. The Kier molecular flexibility index (Phi) is 1.86. The van der Waals surface area contributed by atoms with E-state index in [1.165, 1.54) is 6.07 Å². The quantitative estimate of drug-likeness (QED) is 0.698. The number of aromatic hydroxyl groups is 1. The van der Waals surface area contributed by atoms with Crippen LogP contribution in [0.1, 0.15) is 0 Å². The van der Waals surface area contributed by atoms with Crippen molar-refractivity contribution in [3.63, 3.8) is 0 Å². The topological polar surface area (TPSA) is 68.2 Å². The summed E-state index contributed by atoms with van der Waals surface area (Å²) in [5.41, 5.74) is 5.60. The van der Waals surface area contributed by atoms with E-state index in [-0.39, 0.29) is 5.88 Å². The SMILES string of the molecule is NC(=O)n1c(O)cc2ccc(Cl)cc21. The Labute approximate surface area is 84.5 Å². The van der Waals surface area contributed by atoms with E-state index in [1.54, 1.807) is 18.2 Å². The summed E-state index contributed by atoms with van der Waals surface area (Å²) in [6.45, 7) is 0. The van der Waals surface area contributed by atoms with Gasteiger partial charge in [0, 0.05) is 16.5 Å². The third kappa shape index (κ3) is 1.20. The van der Waals surface area contributed by atoms with Crippen LogP contribution in [-0.2, 0) is 0 Å². The van der Waals surface area contributed by atoms with Crippen LogP contribution in [0.15, 0.2) is 24.3 Å². The van der Waals surface area contributed by atoms with Crippen LogP contribution in [0.25, 0.3) is 10.9 Å². The lowest BCUT2D eigenvalue weighted by Gasteiger charge is -2.00. The number of hydrogen-bond acceptors (Lipinski definition) is 2. The lowest BCUT2D eigenvalue weighted by Crippen LogP contribution is -2.18. The molecule has 1 aromatic heterocycles. The van der Waals surface area contributed by atoms with E-state index in [0.717, 1.165) is 4.57 Å². The molecule has 0 bridgehead atoms. The molecule has 1 aromatic carbocycles. The molecule has 0 fully saturated rings. The van der Waals surface area contributed by atoms with Crippen LogP contribution >= 0.6 is 11.6 Å². The average Bonchev–Trinajstić information content (AvgIpc) is 2.40. The second-order valence-electron chi connectivity index (χ2n) is 2.88. The molecule has 5 heteroatoms. The molecule has 0 unspecified atom stereocenters. The molecular weight excluding hydrogens is 204 g/mol. The standard InChI is InChI=1S/C9H7ClN2O2/c10-6-2-1-5-3-8(13)12(9(11)14)7(5)4-6/h1-4,13H,(H2,11,14). The molecule has 0 radical (unpaired) electrons. The smallest absolute Gasteiger partial charge is 0.326 e. The van der Waals surface area contributed by atoms with E-state index in [9.17, 15) is 9.90 Å². The van der Waals surface area contributed by atoms with E-state index >= 15 is 0 Å². The predicted octanol–water partition coefficient (Wildman–Crippen LogP) is 1.93. The van der Waals surface area contributed by atoms with E-state index in [4.69, 9.17) is 17.3 Å². The van der Waals surface area contributed by atoms with E-state index in [0.29, 0.717) is 15.9 Å². The number of benzene rings is 1. The third-order valence-corrected chi connectivity index (χ3v) is 2.20. The fourth-order valence-corrected chi connectivity index (χ4v) is 1.56. The molecule has 0 spiro atoms. The van der Waals surface area contributed by atoms with Gasteiger partial charge in [0.15, 0.2) is 5.88 Å². The summed E-state index contributed by atoms with van der Waals surface area (Å²) < 4.78 is 1.00. The lowest BCUT2D eigenvalue weighted by atomic mass is 10.2. The number of rotatable bonds is 0. The normalized spacial score (nSPS) is 10.6. The van der Waals surface area contributed by atoms with Crippen molar-refractivity contribution in [1.82, 2.24) is 4.57 Å². The minimum atomic E-state index is -0.736. The Morgan fingerprint density at radius 1 is 1.43 bits per heavy atom. The number of nitrogens with zero attached hydrogens (tertiary/aromatic N) is 1. The monoisotopic (exact) mass is 210 g/mol. The lowest BCUT2D eigenvalue weighted by molar-refractivity contribution is 0.248. The molecule has 2 rings (SSSR count). The van der Waals surface area contributed by atoms with Crippen molar-refractivity contribution in [3.8, 4) is 5.88 Å². The number of carbonyl (C=O) groups is 1. The van der Waals surface area contributed by atoms with Crippen molar-refractivity contribution in [2.75, 3.05) is 0 Å². The number of amides is 1. The first kappa shape index (κ1) is 8.90. The number of primary amides is 1. The van der Waals surface area contributed by atoms with Crippen LogP contribution in [0.3, 0.4) is 0 Å². The second-order valence-corrected chi connectivity index (χ2v) is 3.32. The largest absolute Gasteiger partial charge is 0.494 e. The average molecular weight is 211 g/mol. The maximum atomic E-state index is 11.0. The van der Waals surface area contributed by atoms with Gasteiger partial charge >= 0.3 is 6.03 Å². The first-order valence-corrected chi connectivity index (χ1v) is 4.27. The van der Waals surface area contributed by atoms with Gasteiger partial charge in [-0.3, -0.25) is 0 Å². The Morgan fingerprint density at radius 3 is 2.79 bits per heavy atom. The fourth-order valence-electron chi connectivity index (χ4n) is 1.39. The molecule has 0 aliphatic rings. The molecule has 14 heavy (non-hydrogen) atoms. The number of halogens is 1. The summed E-state index contributed by atoms with van der Waals surface area (Å²) in [6.07, 6.45) is 0. The molecule has 0 atom stereocenters. The van der Waals surface area contributed by atoms with Crippen molar-refractivity contribution in [1.29, 1.82) is 0 Å². The minimum Gasteiger partial charge on any atom is -0.494 e. The molecule has 1 amide bonds. The van der Waals surface area contributed by atoms with Gasteiger partial charge in [-0.25, -0.2) is 9.36 Å². The molecule has 0 aliphatic heterocycles. The van der Waals surface area contributed by atoms with E-state index in [1.807, 2.05) is 0 Å². The van der Waals surface area contributed by atoms with Gasteiger partial charge in [-0.05, 0) is 12.1 Å². The van der Waals surface area contributed by atoms with E-state index in [2.05, 4.69) is 0 Å². The summed E-state index contributed by atoms with van der Waals surface area (Å²) >= 11 is 5.76. The van der Waals surface area contributed by atoms with Crippen LogP contribution in [0.2, 0.25) is 5.02 Å². The molecule has 0 aliphatic carbocycles. The highest BCUT2D eigenvalue weighted by molar-refractivity contribution is 6.31. The molecule has 0 saturated carbocycles. The van der Waals surface area contributed by atoms with Gasteiger partial charge in [-0.2, -0.15) is 0 Å². The van der Waals surface area contributed by atoms with Crippen molar-refractivity contribution < 1.29 is 9.90 Å². The van der Waals surface area contributed by atoms with Gasteiger partial charge < -0.3 is 10.8 Å². The zero-order valence-corrected chi connectivity index (χ0v) is 7.82. The van der Waals surface area contributed by atoms with Crippen LogP contribution in [0.5, 0.6) is 5.88 Å². The van der Waals surface area contributed by atoms with Crippen molar-refractivity contribution in [2.24, 2.45) is 5.73 Å². The summed E-state index contributed by atoms with van der Waals surface area (Å²) in [4.78, 5) is 11.0.